The van der Waals surface area contributed by atoms with E-state index in [1.807, 2.05) is 60.2 Å². The average molecular weight is 438 g/mol. The van der Waals surface area contributed by atoms with E-state index in [2.05, 4.69) is 50.5 Å². The summed E-state index contributed by atoms with van der Waals surface area (Å²) in [5.41, 5.74) is 5.03. The van der Waals surface area contributed by atoms with E-state index in [-0.39, 0.29) is 0 Å². The molecular weight excluding hydrogens is 423 g/mol. The first-order valence-corrected chi connectivity index (χ1v) is 12.1. The van der Waals surface area contributed by atoms with Crippen LogP contribution in [0.3, 0.4) is 0 Å². The molecule has 0 bridgehead atoms. The number of allylic oxidation sites excluding steroid dienone is 1. The fourth-order valence-electron chi connectivity index (χ4n) is 2.81. The first kappa shape index (κ1) is 18.1. The topological polar surface area (TPSA) is 44.5 Å². The lowest BCUT2D eigenvalue weighted by Gasteiger charge is -2.05. The largest absolute Gasteiger partial charge is 0.360 e. The van der Waals surface area contributed by atoms with E-state index in [0.717, 1.165) is 28.3 Å². The fraction of sp³-hybridized carbons (Fsp3) is 0. The molecule has 0 amide bonds. The number of hydrogen-bond donors (Lipinski definition) is 2. The maximum Gasteiger partial charge on any atom is 0.0878 e. The predicted octanol–water partition coefficient (Wildman–Crippen LogP) is 7.48. The zero-order valence-electron chi connectivity index (χ0n) is 14.6. The molecule has 0 saturated carbocycles. The fourth-order valence-corrected chi connectivity index (χ4v) is 7.16. The van der Waals surface area contributed by atoms with E-state index >= 15 is 0 Å². The Labute approximate surface area is 180 Å². The van der Waals surface area contributed by atoms with Gasteiger partial charge in [-0.25, -0.2) is 4.98 Å². The van der Waals surface area contributed by atoms with Crippen LogP contribution in [-0.2, 0) is 0 Å². The van der Waals surface area contributed by atoms with Gasteiger partial charge in [-0.05, 0) is 64.3 Å². The second-order valence-corrected chi connectivity index (χ2v) is 10.3. The van der Waals surface area contributed by atoms with Crippen LogP contribution in [0.15, 0.2) is 84.5 Å². The van der Waals surface area contributed by atoms with Crippen molar-refractivity contribution in [1.29, 1.82) is 0 Å². The van der Waals surface area contributed by atoms with Gasteiger partial charge in [-0.15, -0.1) is 0 Å². The molecule has 0 radical (unpaired) electrons. The number of aromatic nitrogens is 3. The van der Waals surface area contributed by atoms with Gasteiger partial charge in [-0.2, -0.15) is 0 Å². The predicted molar refractivity (Wildman–Crippen MR) is 127 cm³/mol. The SMILES string of the molecule is C1=CSC(=C2SC=C(/C=C/c3cc(-c4ccc[nH]4)nc(-c4ccc[nH]4)c3)S2)S1. The van der Waals surface area contributed by atoms with E-state index in [0.29, 0.717) is 0 Å². The summed E-state index contributed by atoms with van der Waals surface area (Å²) in [5.74, 6) is 0. The van der Waals surface area contributed by atoms with Crippen LogP contribution in [0, 0.1) is 0 Å². The molecular formula is C21H15N3S4. The van der Waals surface area contributed by atoms with Crippen molar-refractivity contribution in [3.8, 4) is 22.8 Å². The Morgan fingerprint density at radius 3 is 2.07 bits per heavy atom. The molecule has 0 aliphatic carbocycles. The molecule has 0 aromatic carbocycles. The monoisotopic (exact) mass is 437 g/mol. The third-order valence-corrected chi connectivity index (χ3v) is 9.10. The summed E-state index contributed by atoms with van der Waals surface area (Å²) in [4.78, 5) is 12.6. The molecule has 28 heavy (non-hydrogen) atoms. The van der Waals surface area contributed by atoms with Crippen molar-refractivity contribution in [2.75, 3.05) is 0 Å². The van der Waals surface area contributed by atoms with E-state index in [9.17, 15) is 0 Å². The van der Waals surface area contributed by atoms with Crippen LogP contribution in [0.4, 0.5) is 0 Å². The molecule has 0 spiro atoms. The van der Waals surface area contributed by atoms with Gasteiger partial charge in [0.25, 0.3) is 0 Å². The molecule has 2 aliphatic heterocycles. The zero-order chi connectivity index (χ0) is 18.8. The van der Waals surface area contributed by atoms with Crippen molar-refractivity contribution in [2.24, 2.45) is 0 Å². The van der Waals surface area contributed by atoms with Crippen molar-refractivity contribution in [1.82, 2.24) is 15.0 Å². The highest BCUT2D eigenvalue weighted by Gasteiger charge is 2.17. The smallest absolute Gasteiger partial charge is 0.0878 e. The Morgan fingerprint density at radius 2 is 1.46 bits per heavy atom. The number of nitrogens with one attached hydrogen (secondary N) is 2. The van der Waals surface area contributed by atoms with Gasteiger partial charge < -0.3 is 9.97 Å². The molecule has 2 N–H and O–H groups in total. The van der Waals surface area contributed by atoms with E-state index in [4.69, 9.17) is 4.98 Å². The van der Waals surface area contributed by atoms with Crippen molar-refractivity contribution in [3.63, 3.8) is 0 Å². The first-order valence-electron chi connectivity index (χ1n) is 8.60. The summed E-state index contributed by atoms with van der Waals surface area (Å²) in [6.45, 7) is 0. The van der Waals surface area contributed by atoms with Crippen LogP contribution in [0.25, 0.3) is 28.9 Å². The molecule has 0 atom stereocenters. The molecule has 3 aromatic heterocycles. The quantitative estimate of drug-likeness (QED) is 0.443. The molecule has 5 heterocycles. The molecule has 0 fully saturated rings. The Hall–Kier alpha value is -1.93. The number of H-pyrrole nitrogens is 2. The van der Waals surface area contributed by atoms with Crippen LogP contribution in [0.1, 0.15) is 5.56 Å². The molecule has 2 aliphatic rings. The second-order valence-electron chi connectivity index (χ2n) is 5.99. The highest BCUT2D eigenvalue weighted by atomic mass is 32.2. The van der Waals surface area contributed by atoms with Crippen molar-refractivity contribution < 1.29 is 0 Å². The highest BCUT2D eigenvalue weighted by molar-refractivity contribution is 8.33. The summed E-state index contributed by atoms with van der Waals surface area (Å²) in [6.07, 6.45) is 8.21. The van der Waals surface area contributed by atoms with Crippen LogP contribution < -0.4 is 0 Å². The van der Waals surface area contributed by atoms with Crippen LogP contribution in [0.5, 0.6) is 0 Å². The molecule has 5 rings (SSSR count). The first-order chi connectivity index (χ1) is 13.8. The van der Waals surface area contributed by atoms with Gasteiger partial charge in [-0.1, -0.05) is 53.1 Å². The number of nitrogens with zero attached hydrogens (tertiary/aromatic N) is 1. The lowest BCUT2D eigenvalue weighted by Crippen LogP contribution is -1.90. The highest BCUT2D eigenvalue weighted by Crippen LogP contribution is 2.53. The standard InChI is InChI=1S/C21H15N3S4/c1-3-16(22-7-1)18-11-14(12-19(24-18)17-4-2-8-23-17)5-6-15-13-27-21(28-15)20-25-9-10-26-20/h1-13,22-23H/b6-5+. The lowest BCUT2D eigenvalue weighted by molar-refractivity contribution is 1.25. The summed E-state index contributed by atoms with van der Waals surface area (Å²) < 4.78 is 2.75. The van der Waals surface area contributed by atoms with Crippen LogP contribution >= 0.6 is 47.0 Å². The minimum Gasteiger partial charge on any atom is -0.360 e. The van der Waals surface area contributed by atoms with Gasteiger partial charge in [0.2, 0.25) is 0 Å². The minimum absolute atomic E-state index is 0.937. The Balaban J connectivity index is 1.43. The summed E-state index contributed by atoms with van der Waals surface area (Å²) in [7, 11) is 0. The maximum absolute atomic E-state index is 4.82. The Kier molecular flexibility index (Phi) is 5.31. The van der Waals surface area contributed by atoms with Gasteiger partial charge in [0.15, 0.2) is 0 Å². The maximum atomic E-state index is 4.82. The van der Waals surface area contributed by atoms with E-state index in [1.54, 1.807) is 23.5 Å². The van der Waals surface area contributed by atoms with Crippen LogP contribution in [-0.4, -0.2) is 15.0 Å². The van der Waals surface area contributed by atoms with Crippen molar-refractivity contribution in [2.45, 2.75) is 0 Å². The van der Waals surface area contributed by atoms with Crippen LogP contribution in [0.2, 0.25) is 0 Å². The zero-order valence-corrected chi connectivity index (χ0v) is 17.9. The molecule has 7 heteroatoms. The van der Waals surface area contributed by atoms with Gasteiger partial charge in [-0.3, -0.25) is 0 Å². The average Bonchev–Trinajstić information content (AvgIpc) is 3.52. The van der Waals surface area contributed by atoms with Gasteiger partial charge in [0.1, 0.15) is 0 Å². The normalized spacial score (nSPS) is 16.5. The number of pyridine rings is 1. The Morgan fingerprint density at radius 1 is 0.786 bits per heavy atom. The molecule has 0 saturated heterocycles. The third-order valence-electron chi connectivity index (χ3n) is 4.10. The summed E-state index contributed by atoms with van der Waals surface area (Å²) >= 11 is 7.26. The molecule has 138 valence electrons. The molecule has 3 aromatic rings. The summed E-state index contributed by atoms with van der Waals surface area (Å²) in [6, 6.07) is 12.3. The Bertz CT molecular complexity index is 1040. The molecule has 3 nitrogen and oxygen atoms in total. The van der Waals surface area contributed by atoms with Gasteiger partial charge >= 0.3 is 0 Å². The van der Waals surface area contributed by atoms with Gasteiger partial charge in [0.05, 0.1) is 31.3 Å². The number of aromatic amines is 2. The van der Waals surface area contributed by atoms with Gasteiger partial charge in [0, 0.05) is 17.3 Å². The summed E-state index contributed by atoms with van der Waals surface area (Å²) in [5, 5.41) is 6.51. The minimum atomic E-state index is 0.937. The van der Waals surface area contributed by atoms with Crippen molar-refractivity contribution >= 4 is 53.1 Å². The third kappa shape index (κ3) is 3.93. The number of hydrogen-bond acceptors (Lipinski definition) is 5. The van der Waals surface area contributed by atoms with E-state index < -0.39 is 0 Å². The molecule has 0 unspecified atom stereocenters. The second kappa shape index (κ2) is 8.21. The van der Waals surface area contributed by atoms with Crippen molar-refractivity contribution in [3.05, 3.63) is 90.0 Å². The number of thioether (sulfide) groups is 4. The number of rotatable bonds is 4. The van der Waals surface area contributed by atoms with E-state index in [1.165, 1.54) is 13.4 Å². The lowest BCUT2D eigenvalue weighted by atomic mass is 10.1.